The molecule has 0 saturated heterocycles. The van der Waals surface area contributed by atoms with Gasteiger partial charge in [-0.15, -0.1) is 0 Å². The molecular formula is C30H28ClFN2O4S. The third kappa shape index (κ3) is 7.37. The van der Waals surface area contributed by atoms with E-state index in [1.54, 1.807) is 61.5 Å². The number of halogens is 2. The van der Waals surface area contributed by atoms with E-state index in [-0.39, 0.29) is 17.3 Å². The largest absolute Gasteiger partial charge is 0.489 e. The van der Waals surface area contributed by atoms with Crippen LogP contribution >= 0.6 is 11.6 Å². The van der Waals surface area contributed by atoms with Crippen molar-refractivity contribution in [3.63, 3.8) is 0 Å². The molecule has 0 fully saturated rings. The fraction of sp³-hybridized carbons (Fsp3) is 0.167. The van der Waals surface area contributed by atoms with Gasteiger partial charge >= 0.3 is 0 Å². The van der Waals surface area contributed by atoms with E-state index in [4.69, 9.17) is 16.3 Å². The zero-order chi connectivity index (χ0) is 28.0. The van der Waals surface area contributed by atoms with Gasteiger partial charge in [0.1, 0.15) is 24.7 Å². The van der Waals surface area contributed by atoms with Crippen LogP contribution < -0.4 is 14.4 Å². The highest BCUT2D eigenvalue weighted by atomic mass is 35.5. The molecule has 9 heteroatoms. The lowest BCUT2D eigenvalue weighted by atomic mass is 10.2. The molecule has 0 saturated carbocycles. The van der Waals surface area contributed by atoms with Crippen LogP contribution in [-0.2, 0) is 28.0 Å². The number of anilines is 1. The maximum atomic E-state index is 13.6. The van der Waals surface area contributed by atoms with Crippen molar-refractivity contribution in [3.05, 3.63) is 124 Å². The summed E-state index contributed by atoms with van der Waals surface area (Å²) in [7, 11) is -4.03. The van der Waals surface area contributed by atoms with Gasteiger partial charge in [0.15, 0.2) is 0 Å². The Morgan fingerprint density at radius 3 is 2.18 bits per heavy atom. The molecule has 0 heterocycles. The number of nitrogens with zero attached hydrogens (tertiary/aromatic N) is 1. The van der Waals surface area contributed by atoms with E-state index in [0.717, 1.165) is 21.0 Å². The Labute approximate surface area is 233 Å². The second kappa shape index (κ2) is 12.3. The lowest BCUT2D eigenvalue weighted by molar-refractivity contribution is -0.119. The van der Waals surface area contributed by atoms with Gasteiger partial charge in [0.2, 0.25) is 5.91 Å². The number of amides is 1. The minimum atomic E-state index is -4.03. The minimum absolute atomic E-state index is 0.0893. The fourth-order valence-electron chi connectivity index (χ4n) is 3.87. The highest BCUT2D eigenvalue weighted by Crippen LogP contribution is 2.29. The number of hydrogen-bond acceptors (Lipinski definition) is 4. The second-order valence-corrected chi connectivity index (χ2v) is 11.4. The van der Waals surface area contributed by atoms with Crippen molar-refractivity contribution in [3.8, 4) is 5.75 Å². The lowest BCUT2D eigenvalue weighted by Gasteiger charge is -2.26. The normalized spacial score (nSPS) is 11.2. The smallest absolute Gasteiger partial charge is 0.264 e. The average Bonchev–Trinajstić information content (AvgIpc) is 2.91. The average molecular weight is 567 g/mol. The number of nitrogens with one attached hydrogen (secondary N) is 1. The number of carbonyl (C=O) groups excluding carboxylic acids is 1. The number of sulfonamides is 1. The van der Waals surface area contributed by atoms with Gasteiger partial charge in [0.05, 0.1) is 10.6 Å². The third-order valence-electron chi connectivity index (χ3n) is 6.06. The van der Waals surface area contributed by atoms with Crippen LogP contribution in [0.15, 0.2) is 95.9 Å². The maximum absolute atomic E-state index is 13.6. The van der Waals surface area contributed by atoms with Crippen molar-refractivity contribution in [1.29, 1.82) is 0 Å². The van der Waals surface area contributed by atoms with E-state index in [0.29, 0.717) is 28.6 Å². The molecule has 0 spiro atoms. The molecule has 0 bridgehead atoms. The fourth-order valence-corrected chi connectivity index (χ4v) is 5.59. The van der Waals surface area contributed by atoms with Crippen molar-refractivity contribution in [1.82, 2.24) is 5.32 Å². The van der Waals surface area contributed by atoms with E-state index in [1.165, 1.54) is 24.3 Å². The van der Waals surface area contributed by atoms with E-state index >= 15 is 0 Å². The summed E-state index contributed by atoms with van der Waals surface area (Å²) in [6.45, 7) is 3.71. The van der Waals surface area contributed by atoms with Gasteiger partial charge in [-0.25, -0.2) is 12.8 Å². The summed E-state index contributed by atoms with van der Waals surface area (Å²) in [5, 5.41) is 3.27. The van der Waals surface area contributed by atoms with Crippen molar-refractivity contribution in [2.24, 2.45) is 0 Å². The molecule has 4 aromatic rings. The van der Waals surface area contributed by atoms with Crippen LogP contribution in [0.3, 0.4) is 0 Å². The summed E-state index contributed by atoms with van der Waals surface area (Å²) in [5.41, 5.74) is 3.58. The van der Waals surface area contributed by atoms with Gasteiger partial charge in [0, 0.05) is 11.6 Å². The lowest BCUT2D eigenvalue weighted by Crippen LogP contribution is -2.41. The van der Waals surface area contributed by atoms with E-state index in [1.807, 2.05) is 19.1 Å². The summed E-state index contributed by atoms with van der Waals surface area (Å²) in [6, 6.07) is 24.6. The summed E-state index contributed by atoms with van der Waals surface area (Å²) < 4.78 is 47.1. The zero-order valence-electron chi connectivity index (χ0n) is 21.5. The summed E-state index contributed by atoms with van der Waals surface area (Å²) in [6.07, 6.45) is 0. The molecule has 202 valence electrons. The first-order chi connectivity index (χ1) is 18.6. The monoisotopic (exact) mass is 566 g/mol. The molecule has 0 atom stereocenters. The molecule has 1 amide bonds. The zero-order valence-corrected chi connectivity index (χ0v) is 23.1. The van der Waals surface area contributed by atoms with E-state index in [9.17, 15) is 17.6 Å². The number of aryl methyl sites for hydroxylation is 2. The van der Waals surface area contributed by atoms with Crippen LogP contribution in [0.25, 0.3) is 0 Å². The first-order valence-electron chi connectivity index (χ1n) is 12.2. The van der Waals surface area contributed by atoms with Gasteiger partial charge in [-0.3, -0.25) is 9.10 Å². The Morgan fingerprint density at radius 1 is 0.897 bits per heavy atom. The quantitative estimate of drug-likeness (QED) is 0.248. The van der Waals surface area contributed by atoms with Crippen LogP contribution in [0.5, 0.6) is 5.75 Å². The topological polar surface area (TPSA) is 75.7 Å². The van der Waals surface area contributed by atoms with E-state index in [2.05, 4.69) is 5.32 Å². The molecular weight excluding hydrogens is 539 g/mol. The highest BCUT2D eigenvalue weighted by molar-refractivity contribution is 7.92. The molecule has 0 aliphatic carbocycles. The predicted molar refractivity (Wildman–Crippen MR) is 151 cm³/mol. The Balaban J connectivity index is 1.43. The van der Waals surface area contributed by atoms with E-state index < -0.39 is 22.5 Å². The Bertz CT molecular complexity index is 1540. The standard InChI is InChI=1S/C30H28ClFN2O4S/c1-21-3-14-28(15-4-21)39(36,37)34(29-16-9-25(31)17-22(29)2)19-30(35)33-18-23-7-12-27(13-8-23)38-20-24-5-10-26(32)11-6-24/h3-17H,18-20H2,1-2H3,(H,33,35). The molecule has 4 rings (SSSR count). The van der Waals surface area contributed by atoms with Crippen molar-refractivity contribution in [2.45, 2.75) is 31.9 Å². The Kier molecular flexibility index (Phi) is 8.89. The third-order valence-corrected chi connectivity index (χ3v) is 8.06. The van der Waals surface area contributed by atoms with Gasteiger partial charge in [0.25, 0.3) is 10.0 Å². The van der Waals surface area contributed by atoms with Crippen LogP contribution in [-0.4, -0.2) is 20.9 Å². The molecule has 0 unspecified atom stereocenters. The number of carbonyl (C=O) groups is 1. The molecule has 1 N–H and O–H groups in total. The Hall–Kier alpha value is -3.88. The van der Waals surface area contributed by atoms with Crippen LogP contribution in [0.4, 0.5) is 10.1 Å². The first kappa shape index (κ1) is 28.1. The molecule has 0 radical (unpaired) electrons. The maximum Gasteiger partial charge on any atom is 0.264 e. The van der Waals surface area contributed by atoms with Crippen LogP contribution in [0, 0.1) is 19.7 Å². The van der Waals surface area contributed by atoms with Crippen molar-refractivity contribution in [2.75, 3.05) is 10.8 Å². The summed E-state index contributed by atoms with van der Waals surface area (Å²) in [4.78, 5) is 13.1. The minimum Gasteiger partial charge on any atom is -0.489 e. The van der Waals surface area contributed by atoms with Crippen molar-refractivity contribution < 1.29 is 22.3 Å². The molecule has 4 aromatic carbocycles. The Morgan fingerprint density at radius 2 is 1.54 bits per heavy atom. The summed E-state index contributed by atoms with van der Waals surface area (Å²) >= 11 is 6.09. The van der Waals surface area contributed by atoms with Gasteiger partial charge in [-0.2, -0.15) is 0 Å². The highest BCUT2D eigenvalue weighted by Gasteiger charge is 2.28. The second-order valence-electron chi connectivity index (χ2n) is 9.09. The van der Waals surface area contributed by atoms with Gasteiger partial charge in [-0.1, -0.05) is 53.6 Å². The van der Waals surface area contributed by atoms with Crippen LogP contribution in [0.1, 0.15) is 22.3 Å². The molecule has 39 heavy (non-hydrogen) atoms. The van der Waals surface area contributed by atoms with Crippen molar-refractivity contribution >= 4 is 33.2 Å². The first-order valence-corrected chi connectivity index (χ1v) is 14.0. The number of hydrogen-bond donors (Lipinski definition) is 1. The molecule has 0 aliphatic rings. The van der Waals surface area contributed by atoms with Gasteiger partial charge < -0.3 is 10.1 Å². The number of benzene rings is 4. The summed E-state index contributed by atoms with van der Waals surface area (Å²) in [5.74, 6) is -0.135. The number of rotatable bonds is 10. The SMILES string of the molecule is Cc1ccc(S(=O)(=O)N(CC(=O)NCc2ccc(OCc3ccc(F)cc3)cc2)c2ccc(Cl)cc2C)cc1. The van der Waals surface area contributed by atoms with Crippen LogP contribution in [0.2, 0.25) is 5.02 Å². The molecule has 6 nitrogen and oxygen atoms in total. The number of ether oxygens (including phenoxy) is 1. The molecule has 0 aliphatic heterocycles. The molecule has 0 aromatic heterocycles. The predicted octanol–water partition coefficient (Wildman–Crippen LogP) is 6.19. The van der Waals surface area contributed by atoms with Gasteiger partial charge in [-0.05, 0) is 85.1 Å².